The van der Waals surface area contributed by atoms with E-state index in [0.717, 1.165) is 13.0 Å². The first kappa shape index (κ1) is 35.8. The van der Waals surface area contributed by atoms with Gasteiger partial charge in [0.1, 0.15) is 0 Å². The number of para-hydroxylation sites is 1. The zero-order valence-electron chi connectivity index (χ0n) is 27.9. The predicted molar refractivity (Wildman–Crippen MR) is 189 cm³/mol. The van der Waals surface area contributed by atoms with E-state index in [1.807, 2.05) is 6.08 Å². The van der Waals surface area contributed by atoms with Gasteiger partial charge in [-0.3, -0.25) is 0 Å². The third kappa shape index (κ3) is 9.95. The Morgan fingerprint density at radius 2 is 1.52 bits per heavy atom. The number of rotatable bonds is 21. The number of carbonyl (C=O) groups is 1. The summed E-state index contributed by atoms with van der Waals surface area (Å²) >= 11 is -0.0553. The van der Waals surface area contributed by atoms with Crippen LogP contribution in [-0.4, -0.2) is 37.0 Å². The second-order valence-corrected chi connectivity index (χ2v) is 15.3. The van der Waals surface area contributed by atoms with Crippen molar-refractivity contribution in [2.75, 3.05) is 11.4 Å². The van der Waals surface area contributed by atoms with Gasteiger partial charge in [-0.05, 0) is 0 Å². The number of nitrogens with zero attached hydrogens (tertiary/aromatic N) is 2. The van der Waals surface area contributed by atoms with Gasteiger partial charge in [-0.15, -0.1) is 0 Å². The average Bonchev–Trinajstić information content (AvgIpc) is 3.34. The van der Waals surface area contributed by atoms with E-state index in [4.69, 9.17) is 9.47 Å². The molecule has 0 bridgehead atoms. The van der Waals surface area contributed by atoms with Crippen LogP contribution in [0.4, 0.5) is 11.4 Å². The topological polar surface area (TPSA) is 81.9 Å². The van der Waals surface area contributed by atoms with Gasteiger partial charge < -0.3 is 0 Å². The fourth-order valence-electron chi connectivity index (χ4n) is 6.24. The Morgan fingerprint density at radius 3 is 2.11 bits per heavy atom. The Labute approximate surface area is 282 Å². The van der Waals surface area contributed by atoms with Gasteiger partial charge >= 0.3 is 231 Å². The molecule has 46 heavy (non-hydrogen) atoms. The number of ether oxygens (including phenoxy) is 2. The van der Waals surface area contributed by atoms with Crippen LogP contribution < -0.4 is 14.1 Å². The predicted octanol–water partition coefficient (Wildman–Crippen LogP) is 9.38. The molecule has 2 heterocycles. The smallest absolute Gasteiger partial charge is 0.0654 e. The molecule has 0 fully saturated rings. The van der Waals surface area contributed by atoms with Crippen LogP contribution in [0.25, 0.3) is 6.08 Å². The van der Waals surface area contributed by atoms with E-state index >= 15 is 0 Å². The molecule has 2 aliphatic rings. The first-order valence-electron chi connectivity index (χ1n) is 17.4. The molecule has 2 aromatic rings. The molecule has 0 radical (unpaired) electrons. The van der Waals surface area contributed by atoms with Crippen molar-refractivity contribution >= 4 is 42.8 Å². The summed E-state index contributed by atoms with van der Waals surface area (Å²) in [6.07, 6.45) is 25.4. The molecule has 4 rings (SSSR count). The maximum absolute atomic E-state index is 12.2. The Hall–Kier alpha value is -3.09. The average molecular weight is 696 g/mol. The summed E-state index contributed by atoms with van der Waals surface area (Å²) in [6, 6.07) is 11.4. The van der Waals surface area contributed by atoms with Crippen LogP contribution in [0.1, 0.15) is 128 Å². The van der Waals surface area contributed by atoms with Crippen molar-refractivity contribution in [2.45, 2.75) is 128 Å². The Balaban J connectivity index is 1.28. The summed E-state index contributed by atoms with van der Waals surface area (Å²) in [5, 5.41) is 11.7. The van der Waals surface area contributed by atoms with Crippen molar-refractivity contribution in [1.82, 2.24) is 0 Å². The first-order valence-corrected chi connectivity index (χ1v) is 19.1. The number of nitro benzene ring substituents is 1. The molecular weight excluding hydrogens is 643 g/mol. The minimum atomic E-state index is -0.678. The second-order valence-electron chi connectivity index (χ2n) is 12.7. The van der Waals surface area contributed by atoms with Gasteiger partial charge in [0.25, 0.3) is 0 Å². The molecule has 0 aliphatic carbocycles. The molecule has 1 spiro atoms. The fraction of sp³-hybridized carbons (Fsp3) is 0.553. The van der Waals surface area contributed by atoms with Crippen LogP contribution in [0, 0.1) is 10.1 Å². The summed E-state index contributed by atoms with van der Waals surface area (Å²) in [6.45, 7) is 8.24. The van der Waals surface area contributed by atoms with Crippen molar-refractivity contribution in [3.63, 3.8) is 0 Å². The van der Waals surface area contributed by atoms with Crippen LogP contribution in [0.3, 0.4) is 0 Å². The number of hydrogen-bond donors (Lipinski definition) is 0. The second kappa shape index (κ2) is 18.3. The van der Waals surface area contributed by atoms with E-state index in [0.29, 0.717) is 16.9 Å². The summed E-state index contributed by atoms with van der Waals surface area (Å²) in [5.41, 5.74) is 2.51. The molecule has 1 atom stereocenters. The van der Waals surface area contributed by atoms with Gasteiger partial charge in [-0.2, -0.15) is 0 Å². The number of carbonyl (C=O) groups excluding carboxylic acids is 1. The Morgan fingerprint density at radius 1 is 0.935 bits per heavy atom. The quantitative estimate of drug-likeness (QED) is 0.0323. The standard InChI is InChI=1S/C38H52N2O5Se/c1-4-5-6-7-8-9-10-11-12-13-14-15-16-17-18-21-26-39-34-22-19-20-23-35(34)46-38(39)25-24-31-27-33(40(42)43)28-32(36(31)45-38)29-44-37(41)30(2)3/h19-20,22-25,27-28H,2,4-18,21,26,29H2,1,3H3. The van der Waals surface area contributed by atoms with Crippen LogP contribution in [-0.2, 0) is 16.1 Å². The molecule has 0 saturated carbocycles. The Kier molecular flexibility index (Phi) is 14.2. The fourth-order valence-corrected chi connectivity index (χ4v) is 8.98. The number of hydrogen-bond acceptors (Lipinski definition) is 6. The van der Waals surface area contributed by atoms with E-state index in [-0.39, 0.29) is 32.8 Å². The van der Waals surface area contributed by atoms with Crippen molar-refractivity contribution in [2.24, 2.45) is 0 Å². The molecule has 250 valence electrons. The van der Waals surface area contributed by atoms with E-state index in [1.165, 1.54) is 119 Å². The molecular formula is C38H52N2O5Se. The molecule has 2 aliphatic heterocycles. The summed E-state index contributed by atoms with van der Waals surface area (Å²) < 4.78 is 12.9. The van der Waals surface area contributed by atoms with Crippen LogP contribution in [0.15, 0.2) is 54.6 Å². The minimum Gasteiger partial charge on any atom is -0.0654 e. The van der Waals surface area contributed by atoms with Crippen molar-refractivity contribution in [1.29, 1.82) is 0 Å². The minimum absolute atomic E-state index is 0.0553. The Bertz CT molecular complexity index is 1360. The number of unbranched alkanes of at least 4 members (excludes halogenated alkanes) is 15. The number of non-ortho nitro benzene ring substituents is 1. The van der Waals surface area contributed by atoms with E-state index in [1.54, 1.807) is 6.92 Å². The summed E-state index contributed by atoms with van der Waals surface area (Å²) in [5.74, 6) is -0.00166. The monoisotopic (exact) mass is 696 g/mol. The third-order valence-corrected chi connectivity index (χ3v) is 11.6. The van der Waals surface area contributed by atoms with E-state index in [9.17, 15) is 14.9 Å². The SMILES string of the molecule is C=C(C)C(=O)OCc1cc([N+](=O)[O-])cc2c1OC1(C=C2)[Se]c2ccccc2N1CCCCCCCCCCCCCCCCCC. The van der Waals surface area contributed by atoms with Crippen LogP contribution >= 0.6 is 0 Å². The molecule has 8 heteroatoms. The molecule has 2 aromatic carbocycles. The molecule has 7 nitrogen and oxygen atoms in total. The van der Waals surface area contributed by atoms with Crippen LogP contribution in [0.5, 0.6) is 5.75 Å². The van der Waals surface area contributed by atoms with Gasteiger partial charge in [-0.25, -0.2) is 0 Å². The van der Waals surface area contributed by atoms with Gasteiger partial charge in [0.15, 0.2) is 0 Å². The van der Waals surface area contributed by atoms with Gasteiger partial charge in [0, 0.05) is 0 Å². The van der Waals surface area contributed by atoms with Crippen molar-refractivity contribution in [3.8, 4) is 5.75 Å². The third-order valence-electron chi connectivity index (χ3n) is 8.84. The first-order chi connectivity index (χ1) is 22.3. The van der Waals surface area contributed by atoms with Gasteiger partial charge in [-0.1, -0.05) is 51.9 Å². The zero-order valence-corrected chi connectivity index (χ0v) is 29.6. The number of fused-ring (bicyclic) bond motifs is 2. The van der Waals surface area contributed by atoms with Crippen molar-refractivity contribution < 1.29 is 19.2 Å². The maximum atomic E-state index is 12.2. The number of nitro groups is 1. The summed E-state index contributed by atoms with van der Waals surface area (Å²) in [4.78, 5) is 25.8. The molecule has 0 aromatic heterocycles. The number of esters is 1. The van der Waals surface area contributed by atoms with Crippen molar-refractivity contribution in [3.05, 3.63) is 75.9 Å². The normalized spacial score (nSPS) is 16.3. The zero-order chi connectivity index (χ0) is 32.8. The molecule has 0 amide bonds. The van der Waals surface area contributed by atoms with Gasteiger partial charge in [0.2, 0.25) is 0 Å². The summed E-state index contributed by atoms with van der Waals surface area (Å²) in [7, 11) is 0. The molecule has 1 unspecified atom stereocenters. The van der Waals surface area contributed by atoms with E-state index < -0.39 is 15.5 Å². The number of benzene rings is 2. The van der Waals surface area contributed by atoms with E-state index in [2.05, 4.69) is 48.7 Å². The van der Waals surface area contributed by atoms with Crippen LogP contribution in [0.2, 0.25) is 0 Å². The molecule has 0 N–H and O–H groups in total. The van der Waals surface area contributed by atoms with Gasteiger partial charge in [0.05, 0.1) is 0 Å². The number of anilines is 1. The molecule has 0 saturated heterocycles.